The van der Waals surface area contributed by atoms with Crippen molar-refractivity contribution in [1.82, 2.24) is 9.55 Å². The van der Waals surface area contributed by atoms with E-state index in [-0.39, 0.29) is 11.8 Å². The number of para-hydroxylation sites is 4. The van der Waals surface area contributed by atoms with Crippen LogP contribution >= 0.6 is 0 Å². The van der Waals surface area contributed by atoms with E-state index in [1.807, 2.05) is 54.3 Å². The minimum atomic E-state index is -0.00852. The summed E-state index contributed by atoms with van der Waals surface area (Å²) >= 11 is 0. The number of amides is 1. The second-order valence-corrected chi connectivity index (χ2v) is 9.09. The molecular formula is C29H31N3O3. The van der Waals surface area contributed by atoms with Crippen molar-refractivity contribution in [1.29, 1.82) is 0 Å². The number of carbonyl (C=O) groups is 1. The molecule has 0 bridgehead atoms. The molecule has 6 nitrogen and oxygen atoms in total. The van der Waals surface area contributed by atoms with E-state index in [1.54, 1.807) is 0 Å². The quantitative estimate of drug-likeness (QED) is 0.335. The molecule has 0 N–H and O–H groups in total. The lowest BCUT2D eigenvalue weighted by atomic mass is 10.1. The Bertz CT molecular complexity index is 1340. The number of benzene rings is 3. The number of aromatic nitrogens is 2. The zero-order valence-corrected chi connectivity index (χ0v) is 20.5. The molecule has 1 aliphatic heterocycles. The maximum Gasteiger partial charge on any atom is 0.227 e. The number of fused-ring (bicyclic) bond motifs is 1. The van der Waals surface area contributed by atoms with E-state index in [1.165, 1.54) is 11.1 Å². The van der Waals surface area contributed by atoms with E-state index in [4.69, 9.17) is 14.5 Å². The summed E-state index contributed by atoms with van der Waals surface area (Å²) in [6, 6.07) is 22.1. The van der Waals surface area contributed by atoms with Crippen molar-refractivity contribution in [3.63, 3.8) is 0 Å². The van der Waals surface area contributed by atoms with Gasteiger partial charge in [0.2, 0.25) is 5.91 Å². The molecule has 35 heavy (non-hydrogen) atoms. The first kappa shape index (κ1) is 23.0. The second kappa shape index (κ2) is 9.82. The van der Waals surface area contributed by atoms with E-state index >= 15 is 0 Å². The average Bonchev–Trinajstić information content (AvgIpc) is 3.40. The number of ether oxygens (including phenoxy) is 2. The molecule has 2 heterocycles. The van der Waals surface area contributed by atoms with Gasteiger partial charge in [0.15, 0.2) is 0 Å². The summed E-state index contributed by atoms with van der Waals surface area (Å²) in [4.78, 5) is 19.9. The number of carbonyl (C=O) groups excluding carboxylic acids is 1. The molecule has 180 valence electrons. The van der Waals surface area contributed by atoms with Crippen LogP contribution in [0, 0.1) is 13.8 Å². The predicted molar refractivity (Wildman–Crippen MR) is 138 cm³/mol. The molecule has 1 saturated heterocycles. The molecule has 1 aliphatic rings. The minimum Gasteiger partial charge on any atom is -0.492 e. The van der Waals surface area contributed by atoms with E-state index in [0.29, 0.717) is 32.7 Å². The van der Waals surface area contributed by atoms with Gasteiger partial charge in [-0.1, -0.05) is 30.3 Å². The molecule has 0 unspecified atom stereocenters. The molecule has 6 heteroatoms. The standard InChI is InChI=1S/C29H31N3O3/c1-4-34-27-12-8-7-11-26(27)32-19-22(18-28(32)33)29-30-24-9-5-6-10-25(24)31(29)13-14-35-23-16-20(2)15-21(3)17-23/h5-12,15-17,22H,4,13-14,18-19H2,1-3H3/t22-/m1/s1. The fourth-order valence-electron chi connectivity index (χ4n) is 4.98. The largest absolute Gasteiger partial charge is 0.492 e. The van der Waals surface area contributed by atoms with Crippen LogP contribution in [-0.2, 0) is 11.3 Å². The highest BCUT2D eigenvalue weighted by atomic mass is 16.5. The van der Waals surface area contributed by atoms with Crippen LogP contribution in [0.3, 0.4) is 0 Å². The Morgan fingerprint density at radius 3 is 2.51 bits per heavy atom. The molecule has 4 aromatic rings. The van der Waals surface area contributed by atoms with Gasteiger partial charge in [0.25, 0.3) is 0 Å². The second-order valence-electron chi connectivity index (χ2n) is 9.09. The molecule has 0 aliphatic carbocycles. The van der Waals surface area contributed by atoms with Gasteiger partial charge < -0.3 is 18.9 Å². The van der Waals surface area contributed by atoms with E-state index in [2.05, 4.69) is 42.7 Å². The number of imidazole rings is 1. The SMILES string of the molecule is CCOc1ccccc1N1C[C@H](c2nc3ccccc3n2CCOc2cc(C)cc(C)c2)CC1=O. The molecule has 1 atom stereocenters. The maximum absolute atomic E-state index is 13.1. The van der Waals surface area contributed by atoms with Gasteiger partial charge >= 0.3 is 0 Å². The Balaban J connectivity index is 1.41. The number of aryl methyl sites for hydroxylation is 2. The van der Waals surface area contributed by atoms with Crippen molar-refractivity contribution in [3.8, 4) is 11.5 Å². The van der Waals surface area contributed by atoms with Gasteiger partial charge in [-0.05, 0) is 68.3 Å². The molecule has 0 radical (unpaired) electrons. The summed E-state index contributed by atoms with van der Waals surface area (Å²) < 4.78 is 14.1. The number of hydrogen-bond acceptors (Lipinski definition) is 4. The smallest absolute Gasteiger partial charge is 0.227 e. The Hall–Kier alpha value is -3.80. The number of hydrogen-bond donors (Lipinski definition) is 0. The van der Waals surface area contributed by atoms with Crippen LogP contribution in [0.1, 0.15) is 36.2 Å². The number of nitrogens with zero attached hydrogens (tertiary/aromatic N) is 3. The third-order valence-electron chi connectivity index (χ3n) is 6.41. The Morgan fingerprint density at radius 2 is 1.71 bits per heavy atom. The number of rotatable bonds is 8. The monoisotopic (exact) mass is 469 g/mol. The number of anilines is 1. The lowest BCUT2D eigenvalue weighted by Gasteiger charge is -2.20. The van der Waals surface area contributed by atoms with Crippen LogP contribution < -0.4 is 14.4 Å². The van der Waals surface area contributed by atoms with E-state index < -0.39 is 0 Å². The molecular weight excluding hydrogens is 438 g/mol. The van der Waals surface area contributed by atoms with Crippen LogP contribution in [0.2, 0.25) is 0 Å². The first-order valence-corrected chi connectivity index (χ1v) is 12.2. The van der Waals surface area contributed by atoms with Crippen molar-refractivity contribution in [3.05, 3.63) is 83.7 Å². The van der Waals surface area contributed by atoms with Gasteiger partial charge in [-0.2, -0.15) is 0 Å². The topological polar surface area (TPSA) is 56.6 Å². The summed E-state index contributed by atoms with van der Waals surface area (Å²) in [6.07, 6.45) is 0.418. The summed E-state index contributed by atoms with van der Waals surface area (Å²) in [6.45, 7) is 8.41. The first-order chi connectivity index (χ1) is 17.0. The highest BCUT2D eigenvalue weighted by Crippen LogP contribution is 2.37. The third-order valence-corrected chi connectivity index (χ3v) is 6.41. The summed E-state index contributed by atoms with van der Waals surface area (Å²) in [7, 11) is 0. The van der Waals surface area contributed by atoms with Gasteiger partial charge in [0.1, 0.15) is 23.9 Å². The van der Waals surface area contributed by atoms with Crippen molar-refractivity contribution < 1.29 is 14.3 Å². The molecule has 1 amide bonds. The van der Waals surface area contributed by atoms with Gasteiger partial charge in [-0.25, -0.2) is 4.98 Å². The zero-order valence-electron chi connectivity index (χ0n) is 20.5. The van der Waals surface area contributed by atoms with E-state index in [0.717, 1.165) is 34.0 Å². The highest BCUT2D eigenvalue weighted by molar-refractivity contribution is 5.97. The van der Waals surface area contributed by atoms with Gasteiger partial charge in [0.05, 0.1) is 29.9 Å². The molecule has 5 rings (SSSR count). The zero-order chi connectivity index (χ0) is 24.4. The Kier molecular flexibility index (Phi) is 6.45. The van der Waals surface area contributed by atoms with Crippen LogP contribution in [0.5, 0.6) is 11.5 Å². The van der Waals surface area contributed by atoms with Crippen LogP contribution in [0.4, 0.5) is 5.69 Å². The van der Waals surface area contributed by atoms with Crippen LogP contribution in [-0.4, -0.2) is 35.2 Å². The van der Waals surface area contributed by atoms with Crippen molar-refractivity contribution in [2.24, 2.45) is 0 Å². The molecule has 0 spiro atoms. The molecule has 1 fully saturated rings. The van der Waals surface area contributed by atoms with Gasteiger partial charge in [-0.15, -0.1) is 0 Å². The lowest BCUT2D eigenvalue weighted by molar-refractivity contribution is -0.117. The fraction of sp³-hybridized carbons (Fsp3) is 0.310. The maximum atomic E-state index is 13.1. The molecule has 0 saturated carbocycles. The van der Waals surface area contributed by atoms with Crippen molar-refractivity contribution in [2.75, 3.05) is 24.7 Å². The van der Waals surface area contributed by atoms with Gasteiger partial charge in [-0.3, -0.25) is 4.79 Å². The molecule has 1 aromatic heterocycles. The fourth-order valence-corrected chi connectivity index (χ4v) is 4.98. The summed E-state index contributed by atoms with van der Waals surface area (Å²) in [5.41, 5.74) is 5.20. The van der Waals surface area contributed by atoms with Gasteiger partial charge in [0, 0.05) is 18.9 Å². The average molecular weight is 470 g/mol. The van der Waals surface area contributed by atoms with Crippen molar-refractivity contribution in [2.45, 2.75) is 39.7 Å². The molecule has 3 aromatic carbocycles. The minimum absolute atomic E-state index is 0.00852. The Morgan fingerprint density at radius 1 is 0.971 bits per heavy atom. The normalized spacial score (nSPS) is 15.7. The highest BCUT2D eigenvalue weighted by Gasteiger charge is 2.36. The first-order valence-electron chi connectivity index (χ1n) is 12.2. The van der Waals surface area contributed by atoms with Crippen LogP contribution in [0.15, 0.2) is 66.7 Å². The lowest BCUT2D eigenvalue weighted by Crippen LogP contribution is -2.25. The van der Waals surface area contributed by atoms with E-state index in [9.17, 15) is 4.79 Å². The van der Waals surface area contributed by atoms with Crippen LogP contribution in [0.25, 0.3) is 11.0 Å². The predicted octanol–water partition coefficient (Wildman–Crippen LogP) is 5.65. The Labute approximate surface area is 206 Å². The summed E-state index contributed by atoms with van der Waals surface area (Å²) in [5, 5.41) is 0. The summed E-state index contributed by atoms with van der Waals surface area (Å²) in [5.74, 6) is 2.63. The van der Waals surface area contributed by atoms with Crippen molar-refractivity contribution >= 4 is 22.6 Å². The third kappa shape index (κ3) is 4.74.